The SMILES string of the molecule is CCOC(=O)c1nc(C(=O)NCCc2ncno2)cs1. The number of carbonyl (C=O) groups is 2. The Labute approximate surface area is 118 Å². The highest BCUT2D eigenvalue weighted by Gasteiger charge is 2.16. The van der Waals surface area contributed by atoms with Gasteiger partial charge in [0.1, 0.15) is 5.69 Å². The minimum absolute atomic E-state index is 0.161. The standard InChI is InChI=1S/C11H12N4O4S/c1-2-18-11(17)10-15-7(5-20-10)9(16)12-4-3-8-13-6-14-19-8/h5-6H,2-4H2,1H3,(H,12,16). The van der Waals surface area contributed by atoms with Crippen molar-refractivity contribution < 1.29 is 18.8 Å². The van der Waals surface area contributed by atoms with Crippen LogP contribution >= 0.6 is 11.3 Å². The van der Waals surface area contributed by atoms with E-state index in [9.17, 15) is 9.59 Å². The highest BCUT2D eigenvalue weighted by Crippen LogP contribution is 2.11. The zero-order chi connectivity index (χ0) is 14.4. The minimum Gasteiger partial charge on any atom is -0.461 e. The van der Waals surface area contributed by atoms with E-state index in [2.05, 4.69) is 20.4 Å². The molecule has 2 aromatic rings. The Morgan fingerprint density at radius 3 is 3.05 bits per heavy atom. The van der Waals surface area contributed by atoms with Gasteiger partial charge in [-0.2, -0.15) is 4.98 Å². The topological polar surface area (TPSA) is 107 Å². The van der Waals surface area contributed by atoms with Crippen LogP contribution in [0.5, 0.6) is 0 Å². The second kappa shape index (κ2) is 6.75. The molecule has 0 bridgehead atoms. The van der Waals surface area contributed by atoms with Gasteiger partial charge in [-0.3, -0.25) is 4.79 Å². The first-order valence-electron chi connectivity index (χ1n) is 5.87. The van der Waals surface area contributed by atoms with E-state index in [0.717, 1.165) is 11.3 Å². The van der Waals surface area contributed by atoms with E-state index < -0.39 is 5.97 Å². The van der Waals surface area contributed by atoms with Crippen LogP contribution in [0.3, 0.4) is 0 Å². The van der Waals surface area contributed by atoms with Crippen LogP contribution in [-0.2, 0) is 11.2 Å². The Morgan fingerprint density at radius 2 is 2.35 bits per heavy atom. The fraction of sp³-hybridized carbons (Fsp3) is 0.364. The number of nitrogens with one attached hydrogen (secondary N) is 1. The number of ether oxygens (including phenoxy) is 1. The van der Waals surface area contributed by atoms with Crippen LogP contribution < -0.4 is 5.32 Å². The molecule has 106 valence electrons. The van der Waals surface area contributed by atoms with E-state index in [1.165, 1.54) is 11.7 Å². The van der Waals surface area contributed by atoms with E-state index >= 15 is 0 Å². The summed E-state index contributed by atoms with van der Waals surface area (Å²) in [4.78, 5) is 31.0. The Morgan fingerprint density at radius 1 is 1.50 bits per heavy atom. The van der Waals surface area contributed by atoms with E-state index in [4.69, 9.17) is 9.26 Å². The molecule has 0 saturated heterocycles. The number of esters is 1. The molecule has 2 heterocycles. The monoisotopic (exact) mass is 296 g/mol. The quantitative estimate of drug-likeness (QED) is 0.781. The predicted molar refractivity (Wildman–Crippen MR) is 68.4 cm³/mol. The molecule has 0 aliphatic rings. The summed E-state index contributed by atoms with van der Waals surface area (Å²) >= 11 is 1.07. The summed E-state index contributed by atoms with van der Waals surface area (Å²) in [5, 5.41) is 7.77. The number of rotatable bonds is 6. The van der Waals surface area contributed by atoms with Crippen molar-refractivity contribution in [3.05, 3.63) is 28.3 Å². The Kier molecular flexibility index (Phi) is 4.77. The van der Waals surface area contributed by atoms with Crippen LogP contribution in [0, 0.1) is 0 Å². The summed E-state index contributed by atoms with van der Waals surface area (Å²) in [6, 6.07) is 0. The molecule has 20 heavy (non-hydrogen) atoms. The fourth-order valence-corrected chi connectivity index (χ4v) is 2.03. The van der Waals surface area contributed by atoms with Gasteiger partial charge < -0.3 is 14.6 Å². The van der Waals surface area contributed by atoms with Crippen molar-refractivity contribution in [2.24, 2.45) is 0 Å². The molecule has 0 aliphatic heterocycles. The number of aromatic nitrogens is 3. The maximum atomic E-state index is 11.8. The van der Waals surface area contributed by atoms with Gasteiger partial charge in [-0.1, -0.05) is 5.16 Å². The largest absolute Gasteiger partial charge is 0.461 e. The lowest BCUT2D eigenvalue weighted by molar-refractivity contribution is 0.0526. The molecule has 1 amide bonds. The molecule has 2 aromatic heterocycles. The van der Waals surface area contributed by atoms with E-state index in [-0.39, 0.29) is 23.2 Å². The van der Waals surface area contributed by atoms with Gasteiger partial charge >= 0.3 is 5.97 Å². The molecule has 0 spiro atoms. The molecule has 0 radical (unpaired) electrons. The summed E-state index contributed by atoms with van der Waals surface area (Å²) in [6.07, 6.45) is 1.73. The van der Waals surface area contributed by atoms with Crippen LogP contribution in [0.4, 0.5) is 0 Å². The van der Waals surface area contributed by atoms with E-state index in [1.807, 2.05) is 0 Å². The molecule has 0 unspecified atom stereocenters. The van der Waals surface area contributed by atoms with Gasteiger partial charge in [-0.15, -0.1) is 11.3 Å². The lowest BCUT2D eigenvalue weighted by atomic mass is 10.4. The molecule has 0 aliphatic carbocycles. The van der Waals surface area contributed by atoms with Crippen LogP contribution in [0.1, 0.15) is 33.1 Å². The van der Waals surface area contributed by atoms with Gasteiger partial charge in [0, 0.05) is 18.3 Å². The molecule has 9 heteroatoms. The summed E-state index contributed by atoms with van der Waals surface area (Å²) in [5.74, 6) is -0.450. The smallest absolute Gasteiger partial charge is 0.367 e. The lowest BCUT2D eigenvalue weighted by Gasteiger charge is -2.00. The molecule has 2 rings (SSSR count). The van der Waals surface area contributed by atoms with Gasteiger partial charge in [0.25, 0.3) is 5.91 Å². The highest BCUT2D eigenvalue weighted by molar-refractivity contribution is 7.11. The molecule has 1 N–H and O–H groups in total. The van der Waals surface area contributed by atoms with Gasteiger partial charge in [-0.05, 0) is 6.92 Å². The maximum Gasteiger partial charge on any atom is 0.367 e. The number of hydrogen-bond acceptors (Lipinski definition) is 8. The third-order valence-corrected chi connectivity index (χ3v) is 3.04. The molecule has 8 nitrogen and oxygen atoms in total. The van der Waals surface area contributed by atoms with Crippen LogP contribution in [0.15, 0.2) is 16.2 Å². The van der Waals surface area contributed by atoms with Gasteiger partial charge in [0.15, 0.2) is 6.33 Å². The minimum atomic E-state index is -0.526. The van der Waals surface area contributed by atoms with Gasteiger partial charge in [0.05, 0.1) is 6.61 Å². The zero-order valence-electron chi connectivity index (χ0n) is 10.7. The number of amides is 1. The van der Waals surface area contributed by atoms with E-state index in [0.29, 0.717) is 18.9 Å². The Bertz CT molecular complexity index is 581. The molecule has 0 atom stereocenters. The number of thiazole rings is 1. The average molecular weight is 296 g/mol. The summed E-state index contributed by atoms with van der Waals surface area (Å²) in [5.41, 5.74) is 0.184. The molecule has 0 aromatic carbocycles. The molecular formula is C11H12N4O4S. The third-order valence-electron chi connectivity index (χ3n) is 2.22. The van der Waals surface area contributed by atoms with Crippen LogP contribution in [0.25, 0.3) is 0 Å². The van der Waals surface area contributed by atoms with Crippen LogP contribution in [0.2, 0.25) is 0 Å². The Balaban J connectivity index is 1.84. The van der Waals surface area contributed by atoms with E-state index in [1.54, 1.807) is 6.92 Å². The number of carbonyl (C=O) groups excluding carboxylic acids is 2. The van der Waals surface area contributed by atoms with Gasteiger partial charge in [-0.25, -0.2) is 9.78 Å². The first-order valence-corrected chi connectivity index (χ1v) is 6.75. The second-order valence-corrected chi connectivity index (χ2v) is 4.46. The first kappa shape index (κ1) is 14.1. The molecular weight excluding hydrogens is 284 g/mol. The van der Waals surface area contributed by atoms with Crippen molar-refractivity contribution in [2.45, 2.75) is 13.3 Å². The normalized spacial score (nSPS) is 10.2. The predicted octanol–water partition coefficient (Wildman–Crippen LogP) is 0.675. The van der Waals surface area contributed by atoms with Crippen molar-refractivity contribution in [1.29, 1.82) is 0 Å². The summed E-state index contributed by atoms with van der Waals surface area (Å²) in [7, 11) is 0. The van der Waals surface area contributed by atoms with Crippen molar-refractivity contribution in [3.8, 4) is 0 Å². The third kappa shape index (κ3) is 3.60. The zero-order valence-corrected chi connectivity index (χ0v) is 11.5. The molecule has 0 saturated carbocycles. The average Bonchev–Trinajstić information content (AvgIpc) is 3.10. The van der Waals surface area contributed by atoms with Crippen molar-refractivity contribution in [3.63, 3.8) is 0 Å². The Hall–Kier alpha value is -2.29. The number of nitrogens with zero attached hydrogens (tertiary/aromatic N) is 3. The van der Waals surface area contributed by atoms with Crippen molar-refractivity contribution in [1.82, 2.24) is 20.4 Å². The van der Waals surface area contributed by atoms with Crippen LogP contribution in [-0.4, -0.2) is 40.2 Å². The summed E-state index contributed by atoms with van der Waals surface area (Å²) in [6.45, 7) is 2.31. The summed E-state index contributed by atoms with van der Waals surface area (Å²) < 4.78 is 9.60. The maximum absolute atomic E-state index is 11.8. The molecule has 0 fully saturated rings. The highest BCUT2D eigenvalue weighted by atomic mass is 32.1. The van der Waals surface area contributed by atoms with Crippen molar-refractivity contribution in [2.75, 3.05) is 13.2 Å². The first-order chi connectivity index (χ1) is 9.70. The second-order valence-electron chi connectivity index (χ2n) is 3.60. The number of hydrogen-bond donors (Lipinski definition) is 1. The fourth-order valence-electron chi connectivity index (χ4n) is 1.34. The lowest BCUT2D eigenvalue weighted by Crippen LogP contribution is -2.26. The van der Waals surface area contributed by atoms with Gasteiger partial charge in [0.2, 0.25) is 10.9 Å². The van der Waals surface area contributed by atoms with Crippen molar-refractivity contribution >= 4 is 23.2 Å².